The minimum Gasteiger partial charge on any atom is -0.489 e. The van der Waals surface area contributed by atoms with E-state index in [1.807, 2.05) is 0 Å². The number of ether oxygens (including phenoxy) is 2. The fourth-order valence-corrected chi connectivity index (χ4v) is 6.56. The molecule has 0 saturated carbocycles. The Labute approximate surface area is 288 Å². The van der Waals surface area contributed by atoms with Crippen molar-refractivity contribution in [2.24, 2.45) is 5.92 Å². The van der Waals surface area contributed by atoms with Crippen LogP contribution in [0.5, 0.6) is 5.75 Å². The van der Waals surface area contributed by atoms with E-state index in [9.17, 15) is 32.8 Å². The van der Waals surface area contributed by atoms with E-state index in [1.54, 1.807) is 6.07 Å². The molecule has 51 heavy (non-hydrogen) atoms. The van der Waals surface area contributed by atoms with Crippen LogP contribution in [0.2, 0.25) is 0 Å². The molecule has 2 atom stereocenters. The highest BCUT2D eigenvalue weighted by Crippen LogP contribution is 2.41. The molecule has 6 rings (SSSR count). The zero-order chi connectivity index (χ0) is 36.5. The minimum atomic E-state index is -4.78. The van der Waals surface area contributed by atoms with Crippen molar-refractivity contribution in [2.45, 2.75) is 38.0 Å². The Morgan fingerprint density at radius 3 is 2.59 bits per heavy atom. The number of alkyl halides is 3. The van der Waals surface area contributed by atoms with Gasteiger partial charge < -0.3 is 14.8 Å². The lowest BCUT2D eigenvalue weighted by molar-refractivity contribution is -0.184. The number of morpholine rings is 1. The topological polar surface area (TPSA) is 141 Å². The van der Waals surface area contributed by atoms with Crippen molar-refractivity contribution in [3.8, 4) is 23.1 Å². The molecule has 3 saturated heterocycles. The molecule has 3 fully saturated rings. The van der Waals surface area contributed by atoms with Gasteiger partial charge in [-0.3, -0.25) is 24.3 Å². The first-order valence-electron chi connectivity index (χ1n) is 16.1. The van der Waals surface area contributed by atoms with Crippen LogP contribution >= 0.6 is 0 Å². The fraction of sp³-hybridized carbons (Fsp3) is 0.412. The molecule has 1 N–H and O–H groups in total. The summed E-state index contributed by atoms with van der Waals surface area (Å²) < 4.78 is 82.5. The molecule has 1 unspecified atom stereocenters. The smallest absolute Gasteiger partial charge is 0.416 e. The van der Waals surface area contributed by atoms with E-state index in [1.165, 1.54) is 24.1 Å². The van der Waals surface area contributed by atoms with Crippen LogP contribution < -0.4 is 10.1 Å². The lowest BCUT2D eigenvalue weighted by Crippen LogP contribution is -2.68. The standard InChI is InChI=1S/C34H32F5N7O5/c1-33-7-2-8-46(33)45(18-20-3-6-26(29(36)28(20)35)51-14-11-44-9-12-50-13-10-44)32(49)27(30(33)47)31(48)43-24-5-4-21(34(37,38)39)15-23(24)25-16-22(17-40)41-19-42-25/h3-6,15-16,19,27H,2,7-14,18H2,1H3,(H,43,48)/t27?,33-/m1/s1. The summed E-state index contributed by atoms with van der Waals surface area (Å²) in [7, 11) is 0. The van der Waals surface area contributed by atoms with Gasteiger partial charge >= 0.3 is 6.18 Å². The van der Waals surface area contributed by atoms with Crippen LogP contribution in [0.1, 0.15) is 36.6 Å². The summed E-state index contributed by atoms with van der Waals surface area (Å²) in [6.07, 6.45) is -3.12. The number of halogens is 5. The van der Waals surface area contributed by atoms with E-state index in [4.69, 9.17) is 9.47 Å². The number of fused-ring (bicyclic) bond motifs is 1. The molecular weight excluding hydrogens is 681 g/mol. The average molecular weight is 714 g/mol. The van der Waals surface area contributed by atoms with Crippen LogP contribution in [0, 0.1) is 28.9 Å². The normalized spacial score (nSPS) is 21.4. The lowest BCUT2D eigenvalue weighted by Gasteiger charge is -2.47. The minimum absolute atomic E-state index is 0.0999. The van der Waals surface area contributed by atoms with Crippen LogP contribution in [0.25, 0.3) is 11.3 Å². The van der Waals surface area contributed by atoms with Crippen molar-refractivity contribution in [2.75, 3.05) is 51.3 Å². The van der Waals surface area contributed by atoms with E-state index in [0.717, 1.165) is 23.5 Å². The van der Waals surface area contributed by atoms with E-state index in [2.05, 4.69) is 20.2 Å². The number of hydrogen-bond donors (Lipinski definition) is 1. The number of benzene rings is 2. The van der Waals surface area contributed by atoms with E-state index in [0.29, 0.717) is 51.4 Å². The number of carbonyl (C=O) groups excluding carboxylic acids is 3. The van der Waals surface area contributed by atoms with Gasteiger partial charge in [0.15, 0.2) is 23.3 Å². The second-order valence-electron chi connectivity index (χ2n) is 12.5. The van der Waals surface area contributed by atoms with Gasteiger partial charge in [-0.2, -0.15) is 22.8 Å². The van der Waals surface area contributed by atoms with Crippen LogP contribution in [-0.4, -0.2) is 94.0 Å². The Kier molecular flexibility index (Phi) is 10.0. The Hall–Kier alpha value is -5.05. The Balaban J connectivity index is 1.26. The lowest BCUT2D eigenvalue weighted by atomic mass is 9.82. The molecule has 2 aromatic carbocycles. The van der Waals surface area contributed by atoms with Gasteiger partial charge in [-0.15, -0.1) is 0 Å². The molecule has 0 spiro atoms. The van der Waals surface area contributed by atoms with Gasteiger partial charge in [0.05, 0.1) is 42.2 Å². The Morgan fingerprint density at radius 2 is 1.86 bits per heavy atom. The van der Waals surface area contributed by atoms with Crippen molar-refractivity contribution in [1.82, 2.24) is 24.9 Å². The summed E-state index contributed by atoms with van der Waals surface area (Å²) in [4.78, 5) is 51.4. The number of hydrogen-bond acceptors (Lipinski definition) is 10. The predicted molar refractivity (Wildman–Crippen MR) is 168 cm³/mol. The zero-order valence-electron chi connectivity index (χ0n) is 27.3. The van der Waals surface area contributed by atoms with Crippen LogP contribution in [-0.2, 0) is 31.8 Å². The molecule has 0 bridgehead atoms. The first kappa shape index (κ1) is 35.8. The Bertz CT molecular complexity index is 1900. The highest BCUT2D eigenvalue weighted by Gasteiger charge is 2.58. The first-order valence-corrected chi connectivity index (χ1v) is 16.1. The molecular formula is C34H32F5N7O5. The molecule has 3 aromatic rings. The number of amides is 2. The third kappa shape index (κ3) is 7.12. The fourth-order valence-electron chi connectivity index (χ4n) is 6.56. The molecule has 12 nitrogen and oxygen atoms in total. The van der Waals surface area contributed by atoms with Crippen molar-refractivity contribution < 1.29 is 45.8 Å². The first-order chi connectivity index (χ1) is 24.3. The summed E-state index contributed by atoms with van der Waals surface area (Å²) in [5, 5.41) is 14.2. The number of aromatic nitrogens is 2. The summed E-state index contributed by atoms with van der Waals surface area (Å²) in [6.45, 7) is 4.33. The summed E-state index contributed by atoms with van der Waals surface area (Å²) in [6, 6.07) is 7.76. The van der Waals surface area contributed by atoms with Gasteiger partial charge in [0.1, 0.15) is 24.7 Å². The molecule has 268 valence electrons. The highest BCUT2D eigenvalue weighted by molar-refractivity contribution is 6.24. The average Bonchev–Trinajstić information content (AvgIpc) is 3.52. The van der Waals surface area contributed by atoms with Gasteiger partial charge in [-0.25, -0.2) is 19.4 Å². The number of Topliss-reactive ketones (excluding diaryl/α,β-unsaturated/α-hetero) is 1. The Morgan fingerprint density at radius 1 is 1.10 bits per heavy atom. The number of rotatable bonds is 9. The van der Waals surface area contributed by atoms with Gasteiger partial charge in [0.2, 0.25) is 11.7 Å². The molecule has 3 aliphatic rings. The molecule has 4 heterocycles. The monoisotopic (exact) mass is 713 g/mol. The van der Waals surface area contributed by atoms with Gasteiger partial charge in [-0.05, 0) is 44.0 Å². The quantitative estimate of drug-likeness (QED) is 0.256. The number of carbonyl (C=O) groups is 3. The molecule has 2 amide bonds. The maximum Gasteiger partial charge on any atom is 0.416 e. The van der Waals surface area contributed by atoms with Crippen LogP contribution in [0.15, 0.2) is 42.7 Å². The van der Waals surface area contributed by atoms with Crippen molar-refractivity contribution in [1.29, 1.82) is 5.26 Å². The second-order valence-corrected chi connectivity index (χ2v) is 12.5. The number of ketones is 1. The van der Waals surface area contributed by atoms with Crippen molar-refractivity contribution in [3.63, 3.8) is 0 Å². The van der Waals surface area contributed by atoms with E-state index < -0.39 is 59.0 Å². The number of nitriles is 1. The van der Waals surface area contributed by atoms with Gasteiger partial charge in [0.25, 0.3) is 5.91 Å². The third-order valence-electron chi connectivity index (χ3n) is 9.33. The zero-order valence-corrected chi connectivity index (χ0v) is 27.3. The molecule has 0 aliphatic carbocycles. The molecule has 0 radical (unpaired) electrons. The molecule has 1 aromatic heterocycles. The van der Waals surface area contributed by atoms with Crippen LogP contribution in [0.4, 0.5) is 27.6 Å². The van der Waals surface area contributed by atoms with Gasteiger partial charge in [-0.1, -0.05) is 6.07 Å². The second kappa shape index (κ2) is 14.3. The SMILES string of the molecule is C[C@]12CCCN1N(Cc1ccc(OCCN3CCOCC3)c(F)c1F)C(=O)C(C(=O)Nc1ccc(C(F)(F)F)cc1-c1cc(C#N)ncn1)C2=O. The van der Waals surface area contributed by atoms with Crippen molar-refractivity contribution >= 4 is 23.3 Å². The van der Waals surface area contributed by atoms with E-state index in [-0.39, 0.29) is 53.5 Å². The number of nitrogens with zero attached hydrogens (tertiary/aromatic N) is 6. The number of anilines is 1. The summed E-state index contributed by atoms with van der Waals surface area (Å²) in [5.74, 6) is -7.73. The molecule has 3 aliphatic heterocycles. The maximum atomic E-state index is 15.5. The third-order valence-corrected chi connectivity index (χ3v) is 9.33. The summed E-state index contributed by atoms with van der Waals surface area (Å²) >= 11 is 0. The highest BCUT2D eigenvalue weighted by atomic mass is 19.4. The van der Waals surface area contributed by atoms with Gasteiger partial charge in [0, 0.05) is 43.4 Å². The number of nitrogens with one attached hydrogen (secondary N) is 1. The van der Waals surface area contributed by atoms with E-state index >= 15 is 8.78 Å². The van der Waals surface area contributed by atoms with Crippen molar-refractivity contribution in [3.05, 3.63) is 71.2 Å². The number of hydrazine groups is 1. The largest absolute Gasteiger partial charge is 0.489 e. The summed E-state index contributed by atoms with van der Waals surface area (Å²) in [5.41, 5.74) is -3.45. The van der Waals surface area contributed by atoms with Crippen LogP contribution in [0.3, 0.4) is 0 Å². The molecule has 17 heteroatoms. The maximum absolute atomic E-state index is 15.5. The predicted octanol–water partition coefficient (Wildman–Crippen LogP) is 3.96.